The normalized spacial score (nSPS) is 12.1. The number of thiazole rings is 2. The highest BCUT2D eigenvalue weighted by molar-refractivity contribution is 7.17. The molecule has 0 spiro atoms. The minimum absolute atomic E-state index is 0.0945. The van der Waals surface area contributed by atoms with E-state index in [9.17, 15) is 9.59 Å². The summed E-state index contributed by atoms with van der Waals surface area (Å²) in [5.41, 5.74) is -0.199. The number of ketones is 1. The number of carboxylic acids is 1. The van der Waals surface area contributed by atoms with E-state index >= 15 is 0 Å². The summed E-state index contributed by atoms with van der Waals surface area (Å²) in [5, 5.41) is 13.5. The highest BCUT2D eigenvalue weighted by Gasteiger charge is 2.21. The van der Waals surface area contributed by atoms with Crippen molar-refractivity contribution in [1.29, 1.82) is 0 Å². The van der Waals surface area contributed by atoms with Crippen LogP contribution in [-0.2, 0) is 6.42 Å². The zero-order valence-electron chi connectivity index (χ0n) is 11.8. The van der Waals surface area contributed by atoms with Crippen LogP contribution in [0.1, 0.15) is 56.9 Å². The molecule has 0 bridgehead atoms. The van der Waals surface area contributed by atoms with E-state index in [1.807, 2.05) is 13.1 Å². The summed E-state index contributed by atoms with van der Waals surface area (Å²) >= 11 is 2.66. The molecule has 112 valence electrons. The summed E-state index contributed by atoms with van der Waals surface area (Å²) in [6.07, 6.45) is 2.77. The molecule has 0 aromatic carbocycles. The van der Waals surface area contributed by atoms with Crippen LogP contribution in [0.3, 0.4) is 0 Å². The fourth-order valence-electron chi connectivity index (χ4n) is 1.70. The van der Waals surface area contributed by atoms with Crippen LogP contribution in [0.15, 0.2) is 6.20 Å². The molecule has 2 aromatic rings. The van der Waals surface area contributed by atoms with E-state index in [0.717, 1.165) is 22.8 Å². The first-order valence-electron chi connectivity index (χ1n) is 6.38. The van der Waals surface area contributed by atoms with Crippen LogP contribution < -0.4 is 5.32 Å². The van der Waals surface area contributed by atoms with Crippen LogP contribution in [-0.4, -0.2) is 26.8 Å². The average molecular weight is 325 g/mol. The van der Waals surface area contributed by atoms with Crippen LogP contribution in [0, 0.1) is 0 Å². The predicted octanol–water partition coefficient (Wildman–Crippen LogP) is 3.24. The van der Waals surface area contributed by atoms with E-state index in [-0.39, 0.29) is 22.4 Å². The Hall–Kier alpha value is -1.80. The molecular weight excluding hydrogens is 310 g/mol. The maximum Gasteiger partial charge on any atom is 0.356 e. The largest absolute Gasteiger partial charge is 0.476 e. The topological polar surface area (TPSA) is 92.2 Å². The van der Waals surface area contributed by atoms with Gasteiger partial charge in [0.2, 0.25) is 0 Å². The van der Waals surface area contributed by atoms with E-state index in [0.29, 0.717) is 5.13 Å². The van der Waals surface area contributed by atoms with Crippen molar-refractivity contribution in [3.05, 3.63) is 26.7 Å². The van der Waals surface area contributed by atoms with Gasteiger partial charge < -0.3 is 10.4 Å². The maximum absolute atomic E-state index is 11.5. The fraction of sp³-hybridized carbons (Fsp3) is 0.385. The lowest BCUT2D eigenvalue weighted by Crippen LogP contribution is -2.07. The van der Waals surface area contributed by atoms with E-state index in [1.54, 1.807) is 11.3 Å². The Morgan fingerprint density at radius 1 is 1.43 bits per heavy atom. The minimum atomic E-state index is -1.19. The summed E-state index contributed by atoms with van der Waals surface area (Å²) in [6.45, 7) is 5.32. The number of aryl methyl sites for hydroxylation is 1. The van der Waals surface area contributed by atoms with Crippen LogP contribution >= 0.6 is 22.7 Å². The number of carbonyl (C=O) groups is 2. The van der Waals surface area contributed by atoms with Crippen molar-refractivity contribution < 1.29 is 14.7 Å². The smallest absolute Gasteiger partial charge is 0.356 e. The molecule has 2 aromatic heterocycles. The zero-order chi connectivity index (χ0) is 15.6. The van der Waals surface area contributed by atoms with Gasteiger partial charge in [-0.3, -0.25) is 4.79 Å². The molecule has 0 amide bonds. The van der Waals surface area contributed by atoms with Gasteiger partial charge in [-0.15, -0.1) is 11.3 Å². The van der Waals surface area contributed by atoms with Crippen molar-refractivity contribution in [2.24, 2.45) is 0 Å². The zero-order valence-corrected chi connectivity index (χ0v) is 13.5. The second kappa shape index (κ2) is 6.31. The minimum Gasteiger partial charge on any atom is -0.476 e. The third-order valence-corrected chi connectivity index (χ3v) is 5.19. The molecule has 6 nitrogen and oxygen atoms in total. The van der Waals surface area contributed by atoms with E-state index in [2.05, 4.69) is 22.2 Å². The van der Waals surface area contributed by atoms with Gasteiger partial charge in [-0.25, -0.2) is 14.8 Å². The lowest BCUT2D eigenvalue weighted by Gasteiger charge is -2.08. The van der Waals surface area contributed by atoms with Crippen molar-refractivity contribution in [2.45, 2.75) is 33.2 Å². The van der Waals surface area contributed by atoms with Gasteiger partial charge in [-0.2, -0.15) is 0 Å². The Morgan fingerprint density at radius 2 is 2.14 bits per heavy atom. The number of aromatic nitrogens is 2. The molecule has 0 aliphatic rings. The number of rotatable bonds is 6. The molecule has 0 saturated heterocycles. The van der Waals surface area contributed by atoms with Gasteiger partial charge in [0, 0.05) is 18.0 Å². The Kier molecular flexibility index (Phi) is 4.69. The van der Waals surface area contributed by atoms with Crippen molar-refractivity contribution in [2.75, 3.05) is 5.32 Å². The molecule has 0 radical (unpaired) electrons. The molecule has 21 heavy (non-hydrogen) atoms. The number of hydrogen-bond donors (Lipinski definition) is 2. The summed E-state index contributed by atoms with van der Waals surface area (Å²) in [5.74, 6) is -1.49. The van der Waals surface area contributed by atoms with Crippen molar-refractivity contribution in [3.63, 3.8) is 0 Å². The summed E-state index contributed by atoms with van der Waals surface area (Å²) in [4.78, 5) is 32.2. The van der Waals surface area contributed by atoms with Gasteiger partial charge >= 0.3 is 5.97 Å². The average Bonchev–Trinajstić information content (AvgIpc) is 3.04. The molecule has 2 N–H and O–H groups in total. The van der Waals surface area contributed by atoms with Crippen LogP contribution in [0.25, 0.3) is 0 Å². The second-order valence-electron chi connectivity index (χ2n) is 4.44. The van der Waals surface area contributed by atoms with E-state index in [4.69, 9.17) is 5.11 Å². The summed E-state index contributed by atoms with van der Waals surface area (Å²) < 4.78 is 0. The number of aromatic carboxylic acids is 1. The molecule has 0 saturated carbocycles. The molecule has 0 aliphatic carbocycles. The Morgan fingerprint density at radius 3 is 2.62 bits per heavy atom. The number of hydrogen-bond acceptors (Lipinski definition) is 7. The molecule has 8 heteroatoms. The summed E-state index contributed by atoms with van der Waals surface area (Å²) in [6, 6.07) is -0.0945. The van der Waals surface area contributed by atoms with Crippen LogP contribution in [0.5, 0.6) is 0 Å². The van der Waals surface area contributed by atoms with Crippen molar-refractivity contribution in [3.8, 4) is 0 Å². The van der Waals surface area contributed by atoms with Crippen molar-refractivity contribution in [1.82, 2.24) is 9.97 Å². The Bertz CT molecular complexity index is 647. The Balaban J connectivity index is 2.21. The SMILES string of the molecule is CCc1cnc(C(C)Nc2nc(C(=O)O)c(C(C)=O)s2)s1. The lowest BCUT2D eigenvalue weighted by atomic mass is 10.3. The second-order valence-corrected chi connectivity index (χ2v) is 6.59. The standard InChI is InChI=1S/C13H15N3O3S2/c1-4-8-5-14-11(20-8)6(2)15-13-16-9(12(18)19)10(21-13)7(3)17/h5-6H,4H2,1-3H3,(H,15,16)(H,18,19). The highest BCUT2D eigenvalue weighted by Crippen LogP contribution is 2.28. The first-order valence-corrected chi connectivity index (χ1v) is 8.01. The number of carboxylic acid groups (broad SMARTS) is 1. The lowest BCUT2D eigenvalue weighted by molar-refractivity contribution is 0.0687. The number of anilines is 1. The van der Waals surface area contributed by atoms with Gasteiger partial charge in [0.05, 0.1) is 6.04 Å². The van der Waals surface area contributed by atoms with Gasteiger partial charge in [-0.1, -0.05) is 18.3 Å². The summed E-state index contributed by atoms with van der Waals surface area (Å²) in [7, 11) is 0. The number of nitrogens with zero attached hydrogens (tertiary/aromatic N) is 2. The molecule has 1 unspecified atom stereocenters. The van der Waals surface area contributed by atoms with Crippen LogP contribution in [0.2, 0.25) is 0 Å². The quantitative estimate of drug-likeness (QED) is 0.792. The first-order chi connectivity index (χ1) is 9.92. The first kappa shape index (κ1) is 15.6. The highest BCUT2D eigenvalue weighted by atomic mass is 32.1. The molecule has 1 atom stereocenters. The van der Waals surface area contributed by atoms with Gasteiger partial charge in [-0.05, 0) is 13.3 Å². The number of Topliss-reactive ketones (excluding diaryl/α,β-unsaturated/α-hetero) is 1. The molecule has 0 aliphatic heterocycles. The third kappa shape index (κ3) is 3.45. The van der Waals surface area contributed by atoms with E-state index in [1.165, 1.54) is 11.8 Å². The van der Waals surface area contributed by atoms with Gasteiger partial charge in [0.15, 0.2) is 16.6 Å². The number of nitrogens with one attached hydrogen (secondary N) is 1. The van der Waals surface area contributed by atoms with Crippen molar-refractivity contribution >= 4 is 39.6 Å². The maximum atomic E-state index is 11.5. The van der Waals surface area contributed by atoms with E-state index < -0.39 is 5.97 Å². The molecule has 2 rings (SSSR count). The molecule has 2 heterocycles. The molecular formula is C13H15N3O3S2. The predicted molar refractivity (Wildman–Crippen MR) is 82.6 cm³/mol. The molecule has 0 fully saturated rings. The fourth-order valence-corrected chi connectivity index (χ4v) is 3.50. The number of carbonyl (C=O) groups excluding carboxylic acids is 1. The Labute approximate surface area is 129 Å². The van der Waals surface area contributed by atoms with Gasteiger partial charge in [0.25, 0.3) is 0 Å². The monoisotopic (exact) mass is 325 g/mol. The van der Waals surface area contributed by atoms with Crippen LogP contribution in [0.4, 0.5) is 5.13 Å². The third-order valence-electron chi connectivity index (χ3n) is 2.78. The van der Waals surface area contributed by atoms with Gasteiger partial charge in [0.1, 0.15) is 9.88 Å².